The molecule has 0 aromatic heterocycles. The summed E-state index contributed by atoms with van der Waals surface area (Å²) in [4.78, 5) is 11.6. The maximum Gasteiger partial charge on any atom is 0.309 e. The Kier molecular flexibility index (Phi) is 2.29. The molecule has 0 saturated heterocycles. The zero-order chi connectivity index (χ0) is 12.0. The topological polar surface area (TPSA) is 37.3 Å². The third-order valence-corrected chi connectivity index (χ3v) is 4.67. The van der Waals surface area contributed by atoms with Gasteiger partial charge < -0.3 is 5.11 Å². The molecule has 0 heterocycles. The van der Waals surface area contributed by atoms with Crippen molar-refractivity contribution in [2.75, 3.05) is 0 Å². The van der Waals surface area contributed by atoms with Crippen molar-refractivity contribution in [2.45, 2.75) is 32.1 Å². The number of aliphatic carboxylic acids is 1. The Balaban J connectivity index is 1.81. The van der Waals surface area contributed by atoms with E-state index < -0.39 is 11.4 Å². The molecule has 2 heteroatoms. The molecule has 2 nitrogen and oxygen atoms in total. The molecule has 1 aromatic rings. The van der Waals surface area contributed by atoms with Gasteiger partial charge in [0.05, 0.1) is 5.41 Å². The number of hydrogen-bond acceptors (Lipinski definition) is 1. The van der Waals surface area contributed by atoms with Crippen molar-refractivity contribution in [1.82, 2.24) is 0 Å². The second-order valence-corrected chi connectivity index (χ2v) is 5.72. The highest BCUT2D eigenvalue weighted by Gasteiger charge is 2.60. The molecular formula is C15H18O2. The van der Waals surface area contributed by atoms with Gasteiger partial charge in [-0.05, 0) is 49.5 Å². The van der Waals surface area contributed by atoms with Crippen molar-refractivity contribution < 1.29 is 9.90 Å². The van der Waals surface area contributed by atoms with Crippen molar-refractivity contribution in [2.24, 2.45) is 17.3 Å². The van der Waals surface area contributed by atoms with Gasteiger partial charge >= 0.3 is 5.97 Å². The molecule has 90 valence electrons. The van der Waals surface area contributed by atoms with Crippen LogP contribution < -0.4 is 0 Å². The van der Waals surface area contributed by atoms with E-state index in [0.717, 1.165) is 19.3 Å². The highest BCUT2D eigenvalue weighted by molar-refractivity contribution is 5.76. The van der Waals surface area contributed by atoms with Crippen LogP contribution in [0.4, 0.5) is 0 Å². The van der Waals surface area contributed by atoms with Crippen molar-refractivity contribution in [3.8, 4) is 0 Å². The van der Waals surface area contributed by atoms with Crippen LogP contribution in [0.5, 0.6) is 0 Å². The van der Waals surface area contributed by atoms with E-state index in [-0.39, 0.29) is 0 Å². The van der Waals surface area contributed by atoms with E-state index in [1.807, 2.05) is 25.1 Å². The molecule has 0 radical (unpaired) electrons. The molecule has 2 aliphatic rings. The third-order valence-electron chi connectivity index (χ3n) is 4.67. The molecule has 3 rings (SSSR count). The maximum atomic E-state index is 11.6. The largest absolute Gasteiger partial charge is 0.481 e. The fourth-order valence-electron chi connectivity index (χ4n) is 3.25. The summed E-state index contributed by atoms with van der Waals surface area (Å²) in [5.74, 6) is 0.634. The minimum Gasteiger partial charge on any atom is -0.481 e. The van der Waals surface area contributed by atoms with E-state index in [4.69, 9.17) is 0 Å². The Morgan fingerprint density at radius 1 is 1.29 bits per heavy atom. The summed E-state index contributed by atoms with van der Waals surface area (Å²) in [6.45, 7) is 1.96. The SMILES string of the molecule is CC(C(=O)O)(C1CC1)C1CC1c1ccccc1. The molecule has 0 amide bonds. The van der Waals surface area contributed by atoms with Gasteiger partial charge in [0.15, 0.2) is 0 Å². The van der Waals surface area contributed by atoms with Gasteiger partial charge in [-0.3, -0.25) is 4.79 Å². The van der Waals surface area contributed by atoms with Gasteiger partial charge in [0.1, 0.15) is 0 Å². The van der Waals surface area contributed by atoms with Gasteiger partial charge in [0, 0.05) is 0 Å². The van der Waals surface area contributed by atoms with Gasteiger partial charge in [-0.15, -0.1) is 0 Å². The molecule has 0 aliphatic heterocycles. The van der Waals surface area contributed by atoms with Crippen LogP contribution in [0, 0.1) is 17.3 Å². The molecule has 2 aliphatic carbocycles. The molecule has 3 unspecified atom stereocenters. The molecule has 0 spiro atoms. The summed E-state index contributed by atoms with van der Waals surface area (Å²) < 4.78 is 0. The van der Waals surface area contributed by atoms with E-state index in [0.29, 0.717) is 17.8 Å². The van der Waals surface area contributed by atoms with E-state index >= 15 is 0 Å². The Morgan fingerprint density at radius 3 is 2.47 bits per heavy atom. The fraction of sp³-hybridized carbons (Fsp3) is 0.533. The molecular weight excluding hydrogens is 212 g/mol. The summed E-state index contributed by atoms with van der Waals surface area (Å²) in [6, 6.07) is 10.3. The fourth-order valence-corrected chi connectivity index (χ4v) is 3.25. The first-order valence-corrected chi connectivity index (χ1v) is 6.42. The quantitative estimate of drug-likeness (QED) is 0.861. The lowest BCUT2D eigenvalue weighted by Crippen LogP contribution is -2.32. The first kappa shape index (κ1) is 10.8. The monoisotopic (exact) mass is 230 g/mol. The van der Waals surface area contributed by atoms with Crippen LogP contribution in [0.3, 0.4) is 0 Å². The Hall–Kier alpha value is -1.31. The lowest BCUT2D eigenvalue weighted by molar-refractivity contribution is -0.150. The third kappa shape index (κ3) is 1.67. The summed E-state index contributed by atoms with van der Waals surface area (Å²) in [5, 5.41) is 9.52. The predicted molar refractivity (Wildman–Crippen MR) is 65.8 cm³/mol. The summed E-state index contributed by atoms with van der Waals surface area (Å²) in [6.07, 6.45) is 3.24. The van der Waals surface area contributed by atoms with Gasteiger partial charge in [0.25, 0.3) is 0 Å². The lowest BCUT2D eigenvalue weighted by atomic mass is 9.78. The number of benzene rings is 1. The predicted octanol–water partition coefficient (Wildman–Crippen LogP) is 3.29. The van der Waals surface area contributed by atoms with Gasteiger partial charge in [-0.25, -0.2) is 0 Å². The average molecular weight is 230 g/mol. The number of rotatable bonds is 4. The van der Waals surface area contributed by atoms with Crippen LogP contribution in [-0.4, -0.2) is 11.1 Å². The summed E-state index contributed by atoms with van der Waals surface area (Å²) in [7, 11) is 0. The van der Waals surface area contributed by atoms with Gasteiger partial charge in [-0.2, -0.15) is 0 Å². The first-order valence-electron chi connectivity index (χ1n) is 6.42. The molecule has 2 saturated carbocycles. The second-order valence-electron chi connectivity index (χ2n) is 5.72. The Labute approximate surface area is 102 Å². The van der Waals surface area contributed by atoms with Crippen molar-refractivity contribution in [1.29, 1.82) is 0 Å². The number of carboxylic acid groups (broad SMARTS) is 1. The van der Waals surface area contributed by atoms with E-state index in [1.165, 1.54) is 5.56 Å². The van der Waals surface area contributed by atoms with E-state index in [9.17, 15) is 9.90 Å². The summed E-state index contributed by atoms with van der Waals surface area (Å²) >= 11 is 0. The van der Waals surface area contributed by atoms with Crippen molar-refractivity contribution >= 4 is 5.97 Å². The van der Waals surface area contributed by atoms with Crippen molar-refractivity contribution in [3.05, 3.63) is 35.9 Å². The van der Waals surface area contributed by atoms with Crippen LogP contribution in [0.25, 0.3) is 0 Å². The first-order chi connectivity index (χ1) is 8.14. The minimum absolute atomic E-state index is 0.342. The van der Waals surface area contributed by atoms with Crippen LogP contribution in [-0.2, 0) is 4.79 Å². The molecule has 0 bridgehead atoms. The lowest BCUT2D eigenvalue weighted by Gasteiger charge is -2.25. The second kappa shape index (κ2) is 3.59. The minimum atomic E-state index is -0.594. The van der Waals surface area contributed by atoms with E-state index in [1.54, 1.807) is 0 Å². The average Bonchev–Trinajstić information content (AvgIpc) is 3.19. The van der Waals surface area contributed by atoms with Crippen LogP contribution in [0.2, 0.25) is 0 Å². The molecule has 1 aromatic carbocycles. The zero-order valence-electron chi connectivity index (χ0n) is 10.1. The van der Waals surface area contributed by atoms with E-state index in [2.05, 4.69) is 12.1 Å². The smallest absolute Gasteiger partial charge is 0.309 e. The number of hydrogen-bond donors (Lipinski definition) is 1. The highest BCUT2D eigenvalue weighted by atomic mass is 16.4. The summed E-state index contributed by atoms with van der Waals surface area (Å²) in [5.41, 5.74) is 0.825. The maximum absolute atomic E-state index is 11.6. The zero-order valence-corrected chi connectivity index (χ0v) is 10.1. The highest BCUT2D eigenvalue weighted by Crippen LogP contribution is 2.64. The van der Waals surface area contributed by atoms with Crippen LogP contribution >= 0.6 is 0 Å². The number of carbonyl (C=O) groups is 1. The molecule has 1 N–H and O–H groups in total. The normalized spacial score (nSPS) is 30.6. The van der Waals surface area contributed by atoms with Gasteiger partial charge in [-0.1, -0.05) is 30.3 Å². The molecule has 3 atom stereocenters. The van der Waals surface area contributed by atoms with Crippen LogP contribution in [0.1, 0.15) is 37.7 Å². The van der Waals surface area contributed by atoms with Gasteiger partial charge in [0.2, 0.25) is 0 Å². The Bertz CT molecular complexity index is 435. The van der Waals surface area contributed by atoms with Crippen molar-refractivity contribution in [3.63, 3.8) is 0 Å². The standard InChI is InChI=1S/C15H18O2/c1-15(14(16)17,11-7-8-11)13-9-12(13)10-5-3-2-4-6-10/h2-6,11-13H,7-9H2,1H3,(H,16,17). The van der Waals surface area contributed by atoms with Crippen LogP contribution in [0.15, 0.2) is 30.3 Å². The number of carboxylic acids is 1. The Morgan fingerprint density at radius 2 is 1.94 bits per heavy atom. The molecule has 2 fully saturated rings. The molecule has 17 heavy (non-hydrogen) atoms.